The van der Waals surface area contributed by atoms with Crippen molar-refractivity contribution in [3.63, 3.8) is 0 Å². The van der Waals surface area contributed by atoms with Gasteiger partial charge in [-0.1, -0.05) is 178 Å². The maximum Gasteiger partial charge on any atom is 0.164 e. The maximum absolute atomic E-state index is 5.26. The molecular formula is C54H38N4. The minimum atomic E-state index is -0.145. The summed E-state index contributed by atoms with van der Waals surface area (Å²) in [5, 5.41) is 2.47. The normalized spacial score (nSPS) is 12.8. The summed E-state index contributed by atoms with van der Waals surface area (Å²) >= 11 is 0. The second-order valence-corrected chi connectivity index (χ2v) is 15.6. The Morgan fingerprint density at radius 1 is 0.362 bits per heavy atom. The van der Waals surface area contributed by atoms with Crippen LogP contribution in [0.4, 0.5) is 0 Å². The van der Waals surface area contributed by atoms with Crippen LogP contribution in [0, 0.1) is 0 Å². The van der Waals surface area contributed by atoms with Crippen LogP contribution in [-0.2, 0) is 5.41 Å². The van der Waals surface area contributed by atoms with E-state index in [1.54, 1.807) is 0 Å². The van der Waals surface area contributed by atoms with Crippen molar-refractivity contribution in [2.75, 3.05) is 0 Å². The third-order valence-corrected chi connectivity index (χ3v) is 11.9. The summed E-state index contributed by atoms with van der Waals surface area (Å²) in [5.41, 5.74) is 15.8. The standard InChI is InChI=1S/C54H38N4/c1-54(2)44-29-17-15-27-39(44)42-33-43-40-28-16-18-30-46(40)58(48(43)34-45(42)54)47-32-31-41(49(35-19-7-3-8-20-35)50(47)36-21-9-4-10-22-36)53-56-51(37-23-11-5-12-24-37)55-52(57-53)38-25-13-6-14-26-38/h3-34H,1-2H3. The fourth-order valence-electron chi connectivity index (χ4n) is 9.12. The molecule has 0 unspecified atom stereocenters. The van der Waals surface area contributed by atoms with Gasteiger partial charge < -0.3 is 4.57 Å². The average Bonchev–Trinajstić information content (AvgIpc) is 3.73. The Hall–Kier alpha value is -7.43. The van der Waals surface area contributed by atoms with Crippen molar-refractivity contribution in [2.45, 2.75) is 19.3 Å². The lowest BCUT2D eigenvalue weighted by Gasteiger charge is -2.23. The third kappa shape index (κ3) is 5.33. The van der Waals surface area contributed by atoms with Crippen LogP contribution in [0.25, 0.3) is 95.0 Å². The highest BCUT2D eigenvalue weighted by atomic mass is 15.0. The molecule has 58 heavy (non-hydrogen) atoms. The number of aromatic nitrogens is 4. The number of hydrogen-bond donors (Lipinski definition) is 0. The molecule has 0 aliphatic heterocycles. The molecule has 0 spiro atoms. The monoisotopic (exact) mass is 742 g/mol. The van der Waals surface area contributed by atoms with Crippen LogP contribution in [0.15, 0.2) is 194 Å². The number of hydrogen-bond acceptors (Lipinski definition) is 3. The summed E-state index contributed by atoms with van der Waals surface area (Å²) in [5.74, 6) is 1.89. The van der Waals surface area contributed by atoms with Gasteiger partial charge in [-0.2, -0.15) is 0 Å². The highest BCUT2D eigenvalue weighted by Crippen LogP contribution is 2.52. The van der Waals surface area contributed by atoms with E-state index in [0.717, 1.165) is 50.1 Å². The molecule has 0 atom stereocenters. The first kappa shape index (κ1) is 33.9. The van der Waals surface area contributed by atoms with Gasteiger partial charge in [0.2, 0.25) is 0 Å². The van der Waals surface area contributed by atoms with Gasteiger partial charge in [-0.15, -0.1) is 0 Å². The Kier molecular flexibility index (Phi) is 7.80. The molecule has 0 saturated carbocycles. The lowest BCUT2D eigenvalue weighted by molar-refractivity contribution is 0.661. The predicted octanol–water partition coefficient (Wildman–Crippen LogP) is 13.6. The largest absolute Gasteiger partial charge is 0.309 e. The van der Waals surface area contributed by atoms with E-state index >= 15 is 0 Å². The number of nitrogens with zero attached hydrogens (tertiary/aromatic N) is 4. The molecule has 0 fully saturated rings. The van der Waals surface area contributed by atoms with Crippen molar-refractivity contribution >= 4 is 21.8 Å². The van der Waals surface area contributed by atoms with Gasteiger partial charge >= 0.3 is 0 Å². The first-order valence-electron chi connectivity index (χ1n) is 19.9. The van der Waals surface area contributed by atoms with Gasteiger partial charge in [-0.05, 0) is 63.7 Å². The van der Waals surface area contributed by atoms with E-state index in [1.807, 2.05) is 36.4 Å². The fraction of sp³-hybridized carbons (Fsp3) is 0.0556. The summed E-state index contributed by atoms with van der Waals surface area (Å²) in [6.45, 7) is 4.71. The van der Waals surface area contributed by atoms with Crippen molar-refractivity contribution in [3.05, 3.63) is 205 Å². The summed E-state index contributed by atoms with van der Waals surface area (Å²) < 4.78 is 2.49. The molecule has 0 bridgehead atoms. The molecule has 8 aromatic carbocycles. The molecule has 2 aromatic heterocycles. The fourth-order valence-corrected chi connectivity index (χ4v) is 9.12. The Labute approximate surface area is 337 Å². The van der Waals surface area contributed by atoms with Crippen LogP contribution < -0.4 is 0 Å². The Morgan fingerprint density at radius 3 is 1.52 bits per heavy atom. The van der Waals surface area contributed by atoms with Gasteiger partial charge in [-0.25, -0.2) is 15.0 Å². The van der Waals surface area contributed by atoms with Crippen molar-refractivity contribution in [2.24, 2.45) is 0 Å². The topological polar surface area (TPSA) is 43.6 Å². The second kappa shape index (κ2) is 13.4. The maximum atomic E-state index is 5.26. The highest BCUT2D eigenvalue weighted by Gasteiger charge is 2.36. The molecular weight excluding hydrogens is 705 g/mol. The second-order valence-electron chi connectivity index (χ2n) is 15.6. The van der Waals surface area contributed by atoms with Crippen molar-refractivity contribution < 1.29 is 0 Å². The molecule has 0 amide bonds. The molecule has 0 radical (unpaired) electrons. The molecule has 4 heteroatoms. The lowest BCUT2D eigenvalue weighted by Crippen LogP contribution is -2.15. The van der Waals surface area contributed by atoms with E-state index in [-0.39, 0.29) is 5.41 Å². The van der Waals surface area contributed by atoms with E-state index in [1.165, 1.54) is 38.5 Å². The van der Waals surface area contributed by atoms with Crippen LogP contribution in [-0.4, -0.2) is 19.5 Å². The molecule has 2 heterocycles. The first-order valence-corrected chi connectivity index (χ1v) is 19.9. The molecule has 10 aromatic rings. The van der Waals surface area contributed by atoms with Gasteiger partial charge in [0.05, 0.1) is 16.7 Å². The zero-order chi connectivity index (χ0) is 38.8. The molecule has 0 saturated heterocycles. The van der Waals surface area contributed by atoms with Gasteiger partial charge in [0.1, 0.15) is 0 Å². The lowest BCUT2D eigenvalue weighted by atomic mass is 9.82. The first-order chi connectivity index (χ1) is 28.5. The van der Waals surface area contributed by atoms with Crippen LogP contribution in [0.5, 0.6) is 0 Å². The zero-order valence-electron chi connectivity index (χ0n) is 32.3. The van der Waals surface area contributed by atoms with E-state index in [4.69, 9.17) is 15.0 Å². The van der Waals surface area contributed by atoms with E-state index < -0.39 is 0 Å². The van der Waals surface area contributed by atoms with Crippen LogP contribution >= 0.6 is 0 Å². The smallest absolute Gasteiger partial charge is 0.164 e. The molecule has 1 aliphatic rings. The van der Waals surface area contributed by atoms with Gasteiger partial charge in [0.25, 0.3) is 0 Å². The van der Waals surface area contributed by atoms with Crippen LogP contribution in [0.1, 0.15) is 25.0 Å². The number of benzene rings is 8. The van der Waals surface area contributed by atoms with Gasteiger partial charge in [0.15, 0.2) is 17.5 Å². The molecule has 11 rings (SSSR count). The zero-order valence-corrected chi connectivity index (χ0v) is 32.3. The van der Waals surface area contributed by atoms with Gasteiger partial charge in [-0.3, -0.25) is 0 Å². The highest BCUT2D eigenvalue weighted by molar-refractivity contribution is 6.13. The molecule has 1 aliphatic carbocycles. The predicted molar refractivity (Wildman–Crippen MR) is 239 cm³/mol. The summed E-state index contributed by atoms with van der Waals surface area (Å²) in [6.07, 6.45) is 0. The Balaban J connectivity index is 1.25. The SMILES string of the molecule is CC1(C)c2ccccc2-c2cc3c4ccccc4n(-c4ccc(-c5nc(-c6ccccc6)nc(-c6ccccc6)n5)c(-c5ccccc5)c4-c4ccccc4)c3cc21. The molecule has 274 valence electrons. The van der Waals surface area contributed by atoms with Crippen molar-refractivity contribution in [3.8, 4) is 73.2 Å². The Morgan fingerprint density at radius 2 is 0.879 bits per heavy atom. The van der Waals surface area contributed by atoms with Crippen LogP contribution in [0.3, 0.4) is 0 Å². The van der Waals surface area contributed by atoms with Crippen molar-refractivity contribution in [1.82, 2.24) is 19.5 Å². The molecule has 4 nitrogen and oxygen atoms in total. The number of para-hydroxylation sites is 1. The van der Waals surface area contributed by atoms with E-state index in [0.29, 0.717) is 17.5 Å². The minimum Gasteiger partial charge on any atom is -0.309 e. The van der Waals surface area contributed by atoms with Gasteiger partial charge in [0, 0.05) is 44.0 Å². The van der Waals surface area contributed by atoms with Crippen molar-refractivity contribution in [1.29, 1.82) is 0 Å². The Bertz CT molecular complexity index is 3110. The van der Waals surface area contributed by atoms with E-state index in [9.17, 15) is 0 Å². The number of rotatable bonds is 6. The molecule has 0 N–H and O–H groups in total. The summed E-state index contributed by atoms with van der Waals surface area (Å²) in [7, 11) is 0. The third-order valence-electron chi connectivity index (χ3n) is 11.9. The summed E-state index contributed by atoms with van der Waals surface area (Å²) in [4.78, 5) is 15.6. The quantitative estimate of drug-likeness (QED) is 0.170. The number of fused-ring (bicyclic) bond motifs is 6. The van der Waals surface area contributed by atoms with Crippen LogP contribution in [0.2, 0.25) is 0 Å². The minimum absolute atomic E-state index is 0.145. The summed E-state index contributed by atoms with van der Waals surface area (Å²) in [6, 6.07) is 69.0. The van der Waals surface area contributed by atoms with E-state index in [2.05, 4.69) is 176 Å². The average molecular weight is 743 g/mol.